The standard InChI is InChI=1S/C55H96O6/c1-4-7-10-13-16-19-22-24-26-27-29-30-33-36-39-42-45-48-54(57)60-51-52(50-59-53(56)47-44-41-38-35-32-21-18-15-12-9-6-3)61-55(58)49-46-43-40-37-34-31-28-25-23-20-17-14-11-8-5-2/h15-16,18-20,23-24,26,29-30,52H,4-14,17,21-22,25,27-28,31-51H2,1-3H3/b18-15-,19-16-,23-20-,26-24-,30-29-/t52-/m0/s1. The second-order valence-corrected chi connectivity index (χ2v) is 17.1. The lowest BCUT2D eigenvalue weighted by molar-refractivity contribution is -0.167. The van der Waals surface area contributed by atoms with Crippen LogP contribution in [0.5, 0.6) is 0 Å². The molecule has 6 nitrogen and oxygen atoms in total. The van der Waals surface area contributed by atoms with Crippen molar-refractivity contribution in [2.24, 2.45) is 0 Å². The lowest BCUT2D eigenvalue weighted by atomic mass is 10.1. The fraction of sp³-hybridized carbons (Fsp3) is 0.764. The Bertz CT molecular complexity index is 1120. The van der Waals surface area contributed by atoms with Crippen LogP contribution in [-0.2, 0) is 28.6 Å². The van der Waals surface area contributed by atoms with E-state index in [2.05, 4.69) is 81.5 Å². The molecule has 0 heterocycles. The molecule has 0 aliphatic rings. The zero-order chi connectivity index (χ0) is 44.4. The third kappa shape index (κ3) is 48.0. The zero-order valence-electron chi connectivity index (χ0n) is 40.2. The quantitative estimate of drug-likeness (QED) is 0.0263. The van der Waals surface area contributed by atoms with Crippen molar-refractivity contribution in [3.63, 3.8) is 0 Å². The summed E-state index contributed by atoms with van der Waals surface area (Å²) < 4.78 is 16.8. The maximum atomic E-state index is 12.8. The molecule has 0 fully saturated rings. The largest absolute Gasteiger partial charge is 0.462 e. The molecule has 0 aromatic carbocycles. The van der Waals surface area contributed by atoms with Crippen LogP contribution in [0.25, 0.3) is 0 Å². The predicted octanol–water partition coefficient (Wildman–Crippen LogP) is 16.9. The number of ether oxygens (including phenoxy) is 3. The second kappa shape index (κ2) is 49.8. The Morgan fingerprint density at radius 2 is 0.607 bits per heavy atom. The summed E-state index contributed by atoms with van der Waals surface area (Å²) in [5, 5.41) is 0. The molecule has 352 valence electrons. The summed E-state index contributed by atoms with van der Waals surface area (Å²) >= 11 is 0. The molecule has 0 aromatic rings. The molecule has 1 atom stereocenters. The molecule has 61 heavy (non-hydrogen) atoms. The summed E-state index contributed by atoms with van der Waals surface area (Å²) in [5.41, 5.74) is 0. The number of rotatable bonds is 46. The first kappa shape index (κ1) is 58.1. The van der Waals surface area contributed by atoms with Crippen molar-refractivity contribution in [3.05, 3.63) is 60.8 Å². The summed E-state index contributed by atoms with van der Waals surface area (Å²) in [6.45, 7) is 6.53. The van der Waals surface area contributed by atoms with Crippen molar-refractivity contribution in [2.75, 3.05) is 13.2 Å². The molecule has 6 heteroatoms. The monoisotopic (exact) mass is 853 g/mol. The van der Waals surface area contributed by atoms with Crippen LogP contribution in [0.4, 0.5) is 0 Å². The molecule has 0 aliphatic carbocycles. The van der Waals surface area contributed by atoms with Gasteiger partial charge in [0.05, 0.1) is 0 Å². The molecule has 0 bridgehead atoms. The molecule has 0 rings (SSSR count). The van der Waals surface area contributed by atoms with Gasteiger partial charge >= 0.3 is 17.9 Å². The van der Waals surface area contributed by atoms with Crippen molar-refractivity contribution < 1.29 is 28.6 Å². The van der Waals surface area contributed by atoms with E-state index in [0.717, 1.165) is 89.9 Å². The minimum Gasteiger partial charge on any atom is -0.462 e. The molecular weight excluding hydrogens is 757 g/mol. The summed E-state index contributed by atoms with van der Waals surface area (Å²) in [6, 6.07) is 0. The second-order valence-electron chi connectivity index (χ2n) is 17.1. The van der Waals surface area contributed by atoms with Crippen molar-refractivity contribution in [2.45, 2.75) is 258 Å². The Kier molecular flexibility index (Phi) is 47.4. The minimum absolute atomic E-state index is 0.0876. The molecule has 0 unspecified atom stereocenters. The van der Waals surface area contributed by atoms with Gasteiger partial charge in [-0.3, -0.25) is 14.4 Å². The van der Waals surface area contributed by atoms with E-state index in [1.165, 1.54) is 122 Å². The van der Waals surface area contributed by atoms with Crippen LogP contribution in [0.3, 0.4) is 0 Å². The summed E-state index contributed by atoms with van der Waals surface area (Å²) in [5.74, 6) is -0.921. The van der Waals surface area contributed by atoms with Crippen molar-refractivity contribution in [3.8, 4) is 0 Å². The molecule has 0 amide bonds. The average Bonchev–Trinajstić information content (AvgIpc) is 3.26. The normalized spacial score (nSPS) is 12.5. The Morgan fingerprint density at radius 3 is 1.02 bits per heavy atom. The van der Waals surface area contributed by atoms with Gasteiger partial charge in [-0.25, -0.2) is 0 Å². The number of allylic oxidation sites excluding steroid dienone is 10. The SMILES string of the molecule is CCCC/C=C\CCCCCCCC(=O)OC[C@@H](COC(=O)CCCCCC/C=C\C/C=C\C/C=C\CCCCC)OC(=O)CCCCCCCCC/C=C\CCCCCC. The molecule has 0 N–H and O–H groups in total. The number of hydrogen-bond acceptors (Lipinski definition) is 6. The van der Waals surface area contributed by atoms with E-state index in [1.54, 1.807) is 0 Å². The molecular formula is C55H96O6. The molecule has 0 aromatic heterocycles. The van der Waals surface area contributed by atoms with E-state index in [9.17, 15) is 14.4 Å². The van der Waals surface area contributed by atoms with Crippen LogP contribution >= 0.6 is 0 Å². The summed E-state index contributed by atoms with van der Waals surface area (Å²) in [7, 11) is 0. The van der Waals surface area contributed by atoms with Gasteiger partial charge in [0.2, 0.25) is 0 Å². The highest BCUT2D eigenvalue weighted by atomic mass is 16.6. The van der Waals surface area contributed by atoms with E-state index in [4.69, 9.17) is 14.2 Å². The maximum Gasteiger partial charge on any atom is 0.306 e. The number of esters is 3. The van der Waals surface area contributed by atoms with Crippen molar-refractivity contribution in [1.82, 2.24) is 0 Å². The third-order valence-electron chi connectivity index (χ3n) is 11.0. The van der Waals surface area contributed by atoms with Crippen LogP contribution in [0.15, 0.2) is 60.8 Å². The van der Waals surface area contributed by atoms with Crippen LogP contribution in [0.1, 0.15) is 252 Å². The Balaban J connectivity index is 4.41. The van der Waals surface area contributed by atoms with Crippen LogP contribution in [0.2, 0.25) is 0 Å². The van der Waals surface area contributed by atoms with Gasteiger partial charge < -0.3 is 14.2 Å². The Labute approximate surface area is 377 Å². The van der Waals surface area contributed by atoms with Gasteiger partial charge in [0.25, 0.3) is 0 Å². The Morgan fingerprint density at radius 1 is 0.328 bits per heavy atom. The van der Waals surface area contributed by atoms with Gasteiger partial charge in [-0.15, -0.1) is 0 Å². The first-order valence-corrected chi connectivity index (χ1v) is 25.8. The zero-order valence-corrected chi connectivity index (χ0v) is 40.2. The minimum atomic E-state index is -0.787. The third-order valence-corrected chi connectivity index (χ3v) is 11.0. The lowest BCUT2D eigenvalue weighted by Crippen LogP contribution is -2.30. The number of carbonyl (C=O) groups is 3. The molecule has 0 radical (unpaired) electrons. The van der Waals surface area contributed by atoms with Gasteiger partial charge in [0, 0.05) is 19.3 Å². The fourth-order valence-electron chi connectivity index (χ4n) is 7.01. The predicted molar refractivity (Wildman–Crippen MR) is 261 cm³/mol. The van der Waals surface area contributed by atoms with E-state index in [1.807, 2.05) is 0 Å². The highest BCUT2D eigenvalue weighted by Gasteiger charge is 2.19. The van der Waals surface area contributed by atoms with E-state index >= 15 is 0 Å². The maximum absolute atomic E-state index is 12.8. The van der Waals surface area contributed by atoms with E-state index in [-0.39, 0.29) is 31.1 Å². The molecule has 0 spiro atoms. The summed E-state index contributed by atoms with van der Waals surface area (Å²) in [4.78, 5) is 37.9. The smallest absolute Gasteiger partial charge is 0.306 e. The number of unbranched alkanes of at least 4 members (excludes halogenated alkanes) is 25. The molecule has 0 saturated carbocycles. The Hall–Kier alpha value is -2.89. The van der Waals surface area contributed by atoms with Crippen molar-refractivity contribution >= 4 is 17.9 Å². The highest BCUT2D eigenvalue weighted by molar-refractivity contribution is 5.71. The highest BCUT2D eigenvalue weighted by Crippen LogP contribution is 2.14. The van der Waals surface area contributed by atoms with Crippen molar-refractivity contribution in [1.29, 1.82) is 0 Å². The molecule has 0 aliphatic heterocycles. The lowest BCUT2D eigenvalue weighted by Gasteiger charge is -2.18. The van der Waals surface area contributed by atoms with Gasteiger partial charge in [-0.05, 0) is 103 Å². The first-order valence-electron chi connectivity index (χ1n) is 25.8. The fourth-order valence-corrected chi connectivity index (χ4v) is 7.01. The summed E-state index contributed by atoms with van der Waals surface area (Å²) in [6.07, 6.45) is 60.5. The van der Waals surface area contributed by atoms with Gasteiger partial charge in [0.15, 0.2) is 6.10 Å². The van der Waals surface area contributed by atoms with Gasteiger partial charge in [0.1, 0.15) is 13.2 Å². The van der Waals surface area contributed by atoms with Gasteiger partial charge in [-0.2, -0.15) is 0 Å². The number of hydrogen-bond donors (Lipinski definition) is 0. The van der Waals surface area contributed by atoms with Crippen LogP contribution in [0, 0.1) is 0 Å². The first-order chi connectivity index (χ1) is 30.0. The van der Waals surface area contributed by atoms with E-state index in [0.29, 0.717) is 19.3 Å². The number of carbonyl (C=O) groups excluding carboxylic acids is 3. The molecule has 0 saturated heterocycles. The van der Waals surface area contributed by atoms with Crippen LogP contribution in [-0.4, -0.2) is 37.2 Å². The average molecular weight is 853 g/mol. The van der Waals surface area contributed by atoms with Crippen LogP contribution < -0.4 is 0 Å². The van der Waals surface area contributed by atoms with E-state index < -0.39 is 6.10 Å². The topological polar surface area (TPSA) is 78.9 Å². The van der Waals surface area contributed by atoms with Gasteiger partial charge in [-0.1, -0.05) is 191 Å².